The molecular formula is C23H49O5P. The number of hydrogen-bond acceptors (Lipinski definition) is 3. The fourth-order valence-corrected chi connectivity index (χ4v) is 3.89. The molecule has 29 heavy (non-hydrogen) atoms. The molecule has 0 bridgehead atoms. The van der Waals surface area contributed by atoms with Gasteiger partial charge in [-0.1, -0.05) is 90.4 Å². The van der Waals surface area contributed by atoms with Gasteiger partial charge in [-0.3, -0.25) is 4.57 Å². The molecule has 0 aliphatic carbocycles. The second-order valence-corrected chi connectivity index (χ2v) is 10.1. The minimum Gasteiger partial charge on any atom is -0.381 e. The number of ether oxygens (including phenoxy) is 2. The van der Waals surface area contributed by atoms with E-state index in [1.165, 1.54) is 83.5 Å². The van der Waals surface area contributed by atoms with Crippen molar-refractivity contribution in [1.82, 2.24) is 0 Å². The van der Waals surface area contributed by atoms with Crippen LogP contribution in [0.25, 0.3) is 0 Å². The third-order valence-electron chi connectivity index (χ3n) is 5.32. The van der Waals surface area contributed by atoms with Gasteiger partial charge in [0.25, 0.3) is 0 Å². The van der Waals surface area contributed by atoms with Crippen LogP contribution in [0.2, 0.25) is 0 Å². The molecule has 0 aliphatic rings. The molecule has 0 unspecified atom stereocenters. The molecule has 176 valence electrons. The average molecular weight is 437 g/mol. The molecule has 0 aromatic heterocycles. The summed E-state index contributed by atoms with van der Waals surface area (Å²) in [7, 11) is -4.05. The van der Waals surface area contributed by atoms with E-state index in [1.807, 2.05) is 6.92 Å². The SMILES string of the molecule is CCCCCCCCCCCCCCCCOCCCC[C@@H](C)OCP(=O)(O)O. The number of rotatable bonds is 23. The minimum absolute atomic E-state index is 0.117. The molecule has 0 fully saturated rings. The average Bonchev–Trinajstić information content (AvgIpc) is 2.67. The van der Waals surface area contributed by atoms with Crippen molar-refractivity contribution in [2.24, 2.45) is 0 Å². The van der Waals surface area contributed by atoms with Crippen LogP contribution >= 0.6 is 7.60 Å². The van der Waals surface area contributed by atoms with Crippen molar-refractivity contribution >= 4 is 7.60 Å². The molecule has 0 aromatic rings. The first-order valence-corrected chi connectivity index (χ1v) is 14.0. The van der Waals surface area contributed by atoms with Crippen molar-refractivity contribution in [1.29, 1.82) is 0 Å². The zero-order valence-electron chi connectivity index (χ0n) is 19.3. The second-order valence-electron chi connectivity index (χ2n) is 8.48. The largest absolute Gasteiger partial charge is 0.381 e. The molecule has 6 heteroatoms. The van der Waals surface area contributed by atoms with Gasteiger partial charge in [-0.05, 0) is 32.6 Å². The van der Waals surface area contributed by atoms with Gasteiger partial charge in [-0.25, -0.2) is 0 Å². The van der Waals surface area contributed by atoms with Gasteiger partial charge in [0.05, 0.1) is 6.10 Å². The Hall–Kier alpha value is 0.0700. The quantitative estimate of drug-likeness (QED) is 0.131. The summed E-state index contributed by atoms with van der Waals surface area (Å²) in [4.78, 5) is 17.5. The van der Waals surface area contributed by atoms with Gasteiger partial charge in [0.1, 0.15) is 6.35 Å². The number of unbranched alkanes of at least 4 members (excludes halogenated alkanes) is 14. The highest BCUT2D eigenvalue weighted by Crippen LogP contribution is 2.34. The maximum atomic E-state index is 10.7. The summed E-state index contributed by atoms with van der Waals surface area (Å²) in [6, 6.07) is 0. The first kappa shape index (κ1) is 29.1. The third-order valence-corrected chi connectivity index (χ3v) is 5.80. The van der Waals surface area contributed by atoms with Crippen molar-refractivity contribution in [2.45, 2.75) is 129 Å². The van der Waals surface area contributed by atoms with E-state index in [-0.39, 0.29) is 6.10 Å². The van der Waals surface area contributed by atoms with Crippen molar-refractivity contribution in [3.05, 3.63) is 0 Å². The van der Waals surface area contributed by atoms with Crippen LogP contribution in [0.3, 0.4) is 0 Å². The lowest BCUT2D eigenvalue weighted by molar-refractivity contribution is 0.0752. The smallest absolute Gasteiger partial charge is 0.350 e. The summed E-state index contributed by atoms with van der Waals surface area (Å²) >= 11 is 0. The van der Waals surface area contributed by atoms with Gasteiger partial charge >= 0.3 is 7.60 Å². The van der Waals surface area contributed by atoms with Gasteiger partial charge in [-0.15, -0.1) is 0 Å². The lowest BCUT2D eigenvalue weighted by atomic mass is 10.0. The molecule has 0 aliphatic heterocycles. The molecule has 5 nitrogen and oxygen atoms in total. The maximum Gasteiger partial charge on any atom is 0.350 e. The highest BCUT2D eigenvalue weighted by Gasteiger charge is 2.14. The predicted octanol–water partition coefficient (Wildman–Crippen LogP) is 7.19. The van der Waals surface area contributed by atoms with Gasteiger partial charge in [-0.2, -0.15) is 0 Å². The van der Waals surface area contributed by atoms with Crippen LogP contribution < -0.4 is 0 Å². The van der Waals surface area contributed by atoms with Crippen LogP contribution in [0.15, 0.2) is 0 Å². The third kappa shape index (κ3) is 26.0. The Kier molecular flexibility index (Phi) is 21.4. The van der Waals surface area contributed by atoms with E-state index in [1.54, 1.807) is 0 Å². The Labute approximate surface area is 180 Å². The summed E-state index contributed by atoms with van der Waals surface area (Å²) in [5.41, 5.74) is 0. The van der Waals surface area contributed by atoms with Gasteiger partial charge in [0.2, 0.25) is 0 Å². The topological polar surface area (TPSA) is 76.0 Å². The molecule has 0 radical (unpaired) electrons. The van der Waals surface area contributed by atoms with Crippen molar-refractivity contribution in [3.63, 3.8) is 0 Å². The van der Waals surface area contributed by atoms with Crippen LogP contribution in [-0.2, 0) is 14.0 Å². The molecule has 0 rings (SSSR count). The zero-order chi connectivity index (χ0) is 21.6. The van der Waals surface area contributed by atoms with Crippen LogP contribution in [0, 0.1) is 0 Å². The van der Waals surface area contributed by atoms with Gasteiger partial charge < -0.3 is 19.3 Å². The lowest BCUT2D eigenvalue weighted by Gasteiger charge is -2.13. The van der Waals surface area contributed by atoms with E-state index in [4.69, 9.17) is 19.3 Å². The van der Waals surface area contributed by atoms with Crippen LogP contribution in [0.1, 0.15) is 123 Å². The van der Waals surface area contributed by atoms with Gasteiger partial charge in [0.15, 0.2) is 0 Å². The highest BCUT2D eigenvalue weighted by molar-refractivity contribution is 7.51. The van der Waals surface area contributed by atoms with Crippen LogP contribution in [-0.4, -0.2) is 35.5 Å². The van der Waals surface area contributed by atoms with E-state index < -0.39 is 13.9 Å². The van der Waals surface area contributed by atoms with Crippen molar-refractivity contribution in [2.75, 3.05) is 19.6 Å². The molecule has 0 saturated carbocycles. The normalized spacial score (nSPS) is 13.1. The maximum absolute atomic E-state index is 10.7. The second kappa shape index (κ2) is 21.3. The van der Waals surface area contributed by atoms with E-state index in [2.05, 4.69) is 6.92 Å². The molecule has 0 heterocycles. The summed E-state index contributed by atoms with van der Waals surface area (Å²) in [6.07, 6.45) is 21.4. The Balaban J connectivity index is 3.12. The minimum atomic E-state index is -4.05. The molecular weight excluding hydrogens is 387 g/mol. The number of hydrogen-bond donors (Lipinski definition) is 2. The monoisotopic (exact) mass is 436 g/mol. The standard InChI is InChI=1S/C23H49O5P/c1-3-4-5-6-7-8-9-10-11-12-13-14-15-17-20-27-21-18-16-19-23(2)28-22-29(24,25)26/h23H,3-22H2,1-2H3,(H2,24,25,26)/t23-/m1/s1. The van der Waals surface area contributed by atoms with Crippen molar-refractivity contribution < 1.29 is 23.8 Å². The summed E-state index contributed by atoms with van der Waals surface area (Å²) < 4.78 is 21.5. The van der Waals surface area contributed by atoms with Gasteiger partial charge in [0, 0.05) is 13.2 Å². The molecule has 0 amide bonds. The Morgan fingerprint density at radius 3 is 1.55 bits per heavy atom. The molecule has 0 saturated heterocycles. The summed E-state index contributed by atoms with van der Waals surface area (Å²) in [5.74, 6) is 0. The fraction of sp³-hybridized carbons (Fsp3) is 1.00. The van der Waals surface area contributed by atoms with Crippen molar-refractivity contribution in [3.8, 4) is 0 Å². The van der Waals surface area contributed by atoms with E-state index >= 15 is 0 Å². The first-order valence-electron chi connectivity index (χ1n) is 12.2. The summed E-state index contributed by atoms with van der Waals surface area (Å²) in [5, 5.41) is 0. The Morgan fingerprint density at radius 1 is 0.690 bits per heavy atom. The van der Waals surface area contributed by atoms with Crippen LogP contribution in [0.4, 0.5) is 0 Å². The summed E-state index contributed by atoms with van der Waals surface area (Å²) in [6.45, 7) is 5.74. The van der Waals surface area contributed by atoms with E-state index in [0.717, 1.165) is 38.9 Å². The first-order chi connectivity index (χ1) is 14.0. The zero-order valence-corrected chi connectivity index (χ0v) is 20.2. The van der Waals surface area contributed by atoms with E-state index in [0.29, 0.717) is 0 Å². The Bertz CT molecular complexity index is 372. The fourth-order valence-electron chi connectivity index (χ4n) is 3.44. The van der Waals surface area contributed by atoms with E-state index in [9.17, 15) is 4.57 Å². The van der Waals surface area contributed by atoms with Crippen LogP contribution in [0.5, 0.6) is 0 Å². The molecule has 2 N–H and O–H groups in total. The Morgan fingerprint density at radius 2 is 1.10 bits per heavy atom. The lowest BCUT2D eigenvalue weighted by Crippen LogP contribution is -2.10. The molecule has 0 spiro atoms. The predicted molar refractivity (Wildman–Crippen MR) is 122 cm³/mol. The molecule has 1 atom stereocenters. The highest BCUT2D eigenvalue weighted by atomic mass is 31.2. The molecule has 0 aromatic carbocycles.